The van der Waals surface area contributed by atoms with E-state index in [2.05, 4.69) is 0 Å². The molecule has 1 amide bonds. The summed E-state index contributed by atoms with van der Waals surface area (Å²) < 4.78 is 26.4. The first kappa shape index (κ1) is 15.7. The number of carbonyl (C=O) groups is 1. The Balaban J connectivity index is 2.73. The molecule has 0 radical (unpaired) electrons. The monoisotopic (exact) mass is 290 g/mol. The van der Waals surface area contributed by atoms with Gasteiger partial charge >= 0.3 is 0 Å². The van der Waals surface area contributed by atoms with E-state index < -0.39 is 41.9 Å². The van der Waals surface area contributed by atoms with Crippen molar-refractivity contribution in [2.24, 2.45) is 5.73 Å². The number of carbonyl (C=O) groups excluding carboxylic acids is 1. The van der Waals surface area contributed by atoms with E-state index in [4.69, 9.17) is 5.73 Å². The highest BCUT2D eigenvalue weighted by atomic mass is 19.3. The average Bonchev–Trinajstić information content (AvgIpc) is 2.39. The van der Waals surface area contributed by atoms with Crippen LogP contribution in [0.2, 0.25) is 0 Å². The zero-order valence-corrected chi connectivity index (χ0v) is 10.2. The molecule has 0 unspecified atom stereocenters. The molecule has 110 valence electrons. The van der Waals surface area contributed by atoms with Gasteiger partial charge in [0, 0.05) is 12.1 Å². The fourth-order valence-electron chi connectivity index (χ4n) is 1.26. The van der Waals surface area contributed by atoms with Crippen LogP contribution in [0.15, 0.2) is 23.1 Å². The fraction of sp³-hybridized carbons (Fsp3) is 0.400. The van der Waals surface area contributed by atoms with Gasteiger partial charge in [0.25, 0.3) is 17.2 Å². The van der Waals surface area contributed by atoms with Crippen LogP contribution in [0.25, 0.3) is 0 Å². The van der Waals surface area contributed by atoms with Gasteiger partial charge in [0.2, 0.25) is 5.91 Å². The Labute approximate surface area is 111 Å². The van der Waals surface area contributed by atoms with Gasteiger partial charge in [-0.25, -0.2) is 8.78 Å². The highest BCUT2D eigenvalue weighted by molar-refractivity contribution is 5.75. The molecule has 0 fully saturated rings. The van der Waals surface area contributed by atoms with Gasteiger partial charge in [-0.15, -0.1) is 0 Å². The van der Waals surface area contributed by atoms with Crippen molar-refractivity contribution in [3.05, 3.63) is 38.8 Å². The van der Waals surface area contributed by atoms with Crippen molar-refractivity contribution in [1.29, 1.82) is 0 Å². The number of aromatic nitrogens is 1. The van der Waals surface area contributed by atoms with Crippen LogP contribution >= 0.6 is 0 Å². The molecule has 0 atom stereocenters. The Kier molecular flexibility index (Phi) is 4.86. The maximum absolute atomic E-state index is 12.8. The smallest absolute Gasteiger partial charge is 0.285 e. The minimum absolute atomic E-state index is 0.385. The summed E-state index contributed by atoms with van der Waals surface area (Å²) in [6.45, 7) is -2.49. The summed E-state index contributed by atoms with van der Waals surface area (Å²) in [4.78, 5) is 32.6. The second-order valence-corrected chi connectivity index (χ2v) is 3.95. The lowest BCUT2D eigenvalue weighted by molar-refractivity contribution is -0.385. The van der Waals surface area contributed by atoms with Gasteiger partial charge in [0.05, 0.1) is 24.2 Å². The van der Waals surface area contributed by atoms with Crippen LogP contribution in [0.5, 0.6) is 0 Å². The van der Waals surface area contributed by atoms with Gasteiger partial charge in [0.1, 0.15) is 6.54 Å². The summed E-state index contributed by atoms with van der Waals surface area (Å²) in [6.07, 6.45) is 0.864. The molecule has 3 N–H and O–H groups in total. The Bertz CT molecular complexity index is 573. The summed E-state index contributed by atoms with van der Waals surface area (Å²) in [7, 11) is 0. The molecular weight excluding hydrogens is 278 g/mol. The van der Waals surface area contributed by atoms with E-state index in [-0.39, 0.29) is 5.69 Å². The molecule has 0 aliphatic rings. The lowest BCUT2D eigenvalue weighted by atomic mass is 10.3. The number of hydrogen-bond donors (Lipinski definition) is 2. The average molecular weight is 290 g/mol. The van der Waals surface area contributed by atoms with Crippen LogP contribution in [-0.4, -0.2) is 34.4 Å². The van der Waals surface area contributed by atoms with Gasteiger partial charge in [-0.2, -0.15) is 0 Å². The zero-order valence-electron chi connectivity index (χ0n) is 10.2. The lowest BCUT2D eigenvalue weighted by Gasteiger charge is -2.14. The van der Waals surface area contributed by atoms with Crippen LogP contribution in [0.3, 0.4) is 0 Å². The third-order valence-electron chi connectivity index (χ3n) is 2.34. The molecule has 0 aliphatic carbocycles. The predicted molar refractivity (Wildman–Crippen MR) is 64.4 cm³/mol. The Morgan fingerprint density at radius 2 is 2.15 bits per heavy atom. The van der Waals surface area contributed by atoms with E-state index in [9.17, 15) is 28.5 Å². The van der Waals surface area contributed by atoms with Gasteiger partial charge in [0.15, 0.2) is 0 Å². The first-order chi connectivity index (χ1) is 9.25. The van der Waals surface area contributed by atoms with Crippen molar-refractivity contribution in [2.75, 3.05) is 13.1 Å². The van der Waals surface area contributed by atoms with Crippen molar-refractivity contribution in [3.63, 3.8) is 0 Å². The number of hydrogen-bond acceptors (Lipinski definition) is 5. The maximum Gasteiger partial charge on any atom is 0.285 e. The van der Waals surface area contributed by atoms with Crippen molar-refractivity contribution in [3.8, 4) is 0 Å². The molecule has 0 spiro atoms. The van der Waals surface area contributed by atoms with Crippen LogP contribution in [0.1, 0.15) is 0 Å². The number of rotatable bonds is 6. The Morgan fingerprint density at radius 3 is 2.70 bits per heavy atom. The second kappa shape index (κ2) is 6.19. The Morgan fingerprint density at radius 1 is 1.50 bits per heavy atom. The molecule has 0 bridgehead atoms. The molecule has 0 aliphatic heterocycles. The largest absolute Gasteiger partial charge is 0.348 e. The number of amides is 1. The summed E-state index contributed by atoms with van der Waals surface area (Å²) in [5, 5.41) is 12.4. The van der Waals surface area contributed by atoms with Gasteiger partial charge in [-0.05, 0) is 0 Å². The molecule has 20 heavy (non-hydrogen) atoms. The first-order valence-electron chi connectivity index (χ1n) is 5.44. The van der Waals surface area contributed by atoms with Crippen LogP contribution in [0, 0.1) is 10.1 Å². The second-order valence-electron chi connectivity index (χ2n) is 3.95. The number of nitrogens with zero attached hydrogens (tertiary/aromatic N) is 2. The molecule has 1 aromatic heterocycles. The number of nitrogens with one attached hydrogen (secondary N) is 1. The molecule has 1 heterocycles. The van der Waals surface area contributed by atoms with Crippen LogP contribution < -0.4 is 16.6 Å². The highest BCUT2D eigenvalue weighted by Gasteiger charge is 2.27. The molecule has 0 saturated carbocycles. The Hall–Kier alpha value is -2.36. The molecule has 10 heteroatoms. The van der Waals surface area contributed by atoms with Gasteiger partial charge < -0.3 is 11.1 Å². The van der Waals surface area contributed by atoms with E-state index in [1.54, 1.807) is 0 Å². The molecule has 0 aromatic carbocycles. The number of pyridine rings is 1. The van der Waals surface area contributed by atoms with Crippen molar-refractivity contribution in [1.82, 2.24) is 9.88 Å². The molecule has 1 aromatic rings. The topological polar surface area (TPSA) is 120 Å². The third kappa shape index (κ3) is 4.39. The standard InChI is InChI=1S/C10H12F2N4O4/c11-10(12,5-13)6-14-8(17)4-15-3-7(16(19)20)1-2-9(15)18/h1-3H,4-6,13H2,(H,14,17). The zero-order chi connectivity index (χ0) is 15.3. The summed E-state index contributed by atoms with van der Waals surface area (Å²) in [6, 6.07) is 1.90. The van der Waals surface area contributed by atoms with Crippen LogP contribution in [-0.2, 0) is 11.3 Å². The van der Waals surface area contributed by atoms with Gasteiger partial charge in [-0.3, -0.25) is 24.3 Å². The van der Waals surface area contributed by atoms with Crippen molar-refractivity contribution < 1.29 is 18.5 Å². The predicted octanol–water partition coefficient (Wildman–Crippen LogP) is -0.533. The SMILES string of the molecule is NCC(F)(F)CNC(=O)Cn1cc([N+](=O)[O-])ccc1=O. The summed E-state index contributed by atoms with van der Waals surface area (Å²) in [5.74, 6) is -4.12. The molecule has 1 rings (SSSR count). The van der Waals surface area contributed by atoms with Gasteiger partial charge in [-0.1, -0.05) is 0 Å². The van der Waals surface area contributed by atoms with Crippen molar-refractivity contribution >= 4 is 11.6 Å². The fourth-order valence-corrected chi connectivity index (χ4v) is 1.26. The summed E-state index contributed by atoms with van der Waals surface area (Å²) >= 11 is 0. The number of nitro groups is 1. The molecule has 0 saturated heterocycles. The van der Waals surface area contributed by atoms with E-state index in [0.29, 0.717) is 0 Å². The van der Waals surface area contributed by atoms with Crippen LogP contribution in [0.4, 0.5) is 14.5 Å². The minimum Gasteiger partial charge on any atom is -0.348 e. The third-order valence-corrected chi connectivity index (χ3v) is 2.34. The summed E-state index contributed by atoms with van der Waals surface area (Å²) in [5.41, 5.74) is 3.75. The van der Waals surface area contributed by atoms with E-state index >= 15 is 0 Å². The molecule has 8 nitrogen and oxygen atoms in total. The first-order valence-corrected chi connectivity index (χ1v) is 5.44. The lowest BCUT2D eigenvalue weighted by Crippen LogP contribution is -2.43. The molecular formula is C10H12F2N4O4. The number of nitrogens with two attached hydrogens (primary N) is 1. The van der Waals surface area contributed by atoms with Crippen molar-refractivity contribution in [2.45, 2.75) is 12.5 Å². The number of halogens is 2. The minimum atomic E-state index is -3.25. The maximum atomic E-state index is 12.8. The van der Waals surface area contributed by atoms with E-state index in [1.807, 2.05) is 5.32 Å². The normalized spacial score (nSPS) is 11.2. The number of alkyl halides is 2. The quantitative estimate of drug-likeness (QED) is 0.539. The van der Waals surface area contributed by atoms with E-state index in [0.717, 1.165) is 22.9 Å². The van der Waals surface area contributed by atoms with E-state index in [1.165, 1.54) is 0 Å². The highest BCUT2D eigenvalue weighted by Crippen LogP contribution is 2.09.